The number of rotatable bonds is 6. The van der Waals surface area contributed by atoms with E-state index in [1.807, 2.05) is 42.5 Å². The van der Waals surface area contributed by atoms with Crippen molar-refractivity contribution in [2.75, 3.05) is 6.54 Å². The Balaban J connectivity index is 1.72. The first kappa shape index (κ1) is 18.4. The number of thioether (sulfide) groups is 1. The Morgan fingerprint density at radius 1 is 1.23 bits per heavy atom. The molecule has 2 aromatic carbocycles. The Morgan fingerprint density at radius 2 is 2.04 bits per heavy atom. The number of hydrogen-bond acceptors (Lipinski definition) is 4. The summed E-state index contributed by atoms with van der Waals surface area (Å²) in [6, 6.07) is 15.9. The molecule has 2 aromatic rings. The lowest BCUT2D eigenvalue weighted by molar-refractivity contribution is -0.121. The number of hydrogen-bond donors (Lipinski definition) is 0. The molecule has 0 aliphatic carbocycles. The van der Waals surface area contributed by atoms with Gasteiger partial charge in [-0.1, -0.05) is 72.0 Å². The maximum atomic E-state index is 12.4. The molecule has 1 aliphatic heterocycles. The molecule has 132 valence electrons. The van der Waals surface area contributed by atoms with Crippen molar-refractivity contribution in [2.24, 2.45) is 0 Å². The van der Waals surface area contributed by atoms with Crippen molar-refractivity contribution >= 4 is 40.3 Å². The third-order valence-corrected chi connectivity index (χ3v) is 5.21. The lowest BCUT2D eigenvalue weighted by atomic mass is 10.1. The third kappa shape index (κ3) is 4.42. The van der Waals surface area contributed by atoms with Gasteiger partial charge in [0.15, 0.2) is 0 Å². The van der Waals surface area contributed by atoms with Crippen molar-refractivity contribution in [1.29, 1.82) is 0 Å². The minimum absolute atomic E-state index is 0.0778. The van der Waals surface area contributed by atoms with E-state index >= 15 is 0 Å². The Kier molecular flexibility index (Phi) is 5.91. The van der Waals surface area contributed by atoms with Crippen molar-refractivity contribution in [2.45, 2.75) is 13.5 Å². The number of carbonyl (C=O) groups is 1. The minimum Gasteiger partial charge on any atom is -0.489 e. The zero-order valence-electron chi connectivity index (χ0n) is 14.5. The van der Waals surface area contributed by atoms with Gasteiger partial charge in [-0.05, 0) is 36.3 Å². The second-order valence-corrected chi connectivity index (χ2v) is 7.61. The van der Waals surface area contributed by atoms with Gasteiger partial charge < -0.3 is 4.74 Å². The summed E-state index contributed by atoms with van der Waals surface area (Å²) in [5.74, 6) is 0.688. The van der Waals surface area contributed by atoms with Gasteiger partial charge in [0.1, 0.15) is 16.7 Å². The van der Waals surface area contributed by atoms with Crippen LogP contribution < -0.4 is 4.74 Å². The van der Waals surface area contributed by atoms with E-state index in [1.165, 1.54) is 17.3 Å². The maximum Gasteiger partial charge on any atom is 0.266 e. The average molecular weight is 382 g/mol. The first-order valence-electron chi connectivity index (χ1n) is 8.21. The van der Waals surface area contributed by atoms with Crippen LogP contribution in [0.5, 0.6) is 5.75 Å². The topological polar surface area (TPSA) is 29.5 Å². The highest BCUT2D eigenvalue weighted by Crippen LogP contribution is 2.32. The van der Waals surface area contributed by atoms with Gasteiger partial charge in [-0.15, -0.1) is 6.58 Å². The van der Waals surface area contributed by atoms with E-state index in [4.69, 9.17) is 17.0 Å². The van der Waals surface area contributed by atoms with Gasteiger partial charge >= 0.3 is 0 Å². The first-order valence-corrected chi connectivity index (χ1v) is 9.44. The molecule has 1 saturated heterocycles. The number of amides is 1. The average Bonchev–Trinajstić information content (AvgIpc) is 2.88. The smallest absolute Gasteiger partial charge is 0.266 e. The molecule has 0 N–H and O–H groups in total. The molecule has 0 saturated carbocycles. The van der Waals surface area contributed by atoms with Crippen LogP contribution in [0, 0.1) is 6.92 Å². The highest BCUT2D eigenvalue weighted by atomic mass is 32.2. The maximum absolute atomic E-state index is 12.4. The predicted molar refractivity (Wildman–Crippen MR) is 112 cm³/mol. The van der Waals surface area contributed by atoms with Crippen molar-refractivity contribution in [3.8, 4) is 5.75 Å². The molecule has 3 nitrogen and oxygen atoms in total. The van der Waals surface area contributed by atoms with Gasteiger partial charge in [-0.2, -0.15) is 0 Å². The molecule has 0 radical (unpaired) electrons. The Hall–Kier alpha value is -2.37. The Labute approximate surface area is 163 Å². The van der Waals surface area contributed by atoms with E-state index in [0.29, 0.717) is 22.4 Å². The van der Waals surface area contributed by atoms with Gasteiger partial charge in [0.2, 0.25) is 0 Å². The molecule has 26 heavy (non-hydrogen) atoms. The number of ether oxygens (including phenoxy) is 1. The lowest BCUT2D eigenvalue weighted by Crippen LogP contribution is -2.27. The molecule has 5 heteroatoms. The van der Waals surface area contributed by atoms with Gasteiger partial charge in [-0.25, -0.2) is 0 Å². The van der Waals surface area contributed by atoms with Crippen molar-refractivity contribution in [3.05, 3.63) is 82.8 Å². The van der Waals surface area contributed by atoms with Crippen molar-refractivity contribution in [3.63, 3.8) is 0 Å². The highest BCUT2D eigenvalue weighted by molar-refractivity contribution is 8.26. The molecule has 1 fully saturated rings. The summed E-state index contributed by atoms with van der Waals surface area (Å²) in [6.07, 6.45) is 3.52. The van der Waals surface area contributed by atoms with E-state index < -0.39 is 0 Å². The molecule has 0 atom stereocenters. The summed E-state index contributed by atoms with van der Waals surface area (Å²) in [6.45, 7) is 6.67. The van der Waals surface area contributed by atoms with E-state index in [1.54, 1.807) is 11.0 Å². The number of nitrogens with zero attached hydrogens (tertiary/aromatic N) is 1. The van der Waals surface area contributed by atoms with Crippen LogP contribution in [-0.4, -0.2) is 21.7 Å². The van der Waals surface area contributed by atoms with Crippen LogP contribution in [0.3, 0.4) is 0 Å². The number of benzene rings is 2. The van der Waals surface area contributed by atoms with Crippen LogP contribution in [0.2, 0.25) is 0 Å². The zero-order chi connectivity index (χ0) is 18.5. The summed E-state index contributed by atoms with van der Waals surface area (Å²) >= 11 is 6.58. The van der Waals surface area contributed by atoms with E-state index in [9.17, 15) is 4.79 Å². The molecule has 1 heterocycles. The Morgan fingerprint density at radius 3 is 2.81 bits per heavy atom. The van der Waals surface area contributed by atoms with Gasteiger partial charge in [0, 0.05) is 6.54 Å². The Bertz CT molecular complexity index is 889. The molecule has 3 rings (SSSR count). The van der Waals surface area contributed by atoms with Crippen LogP contribution in [0.25, 0.3) is 6.08 Å². The van der Waals surface area contributed by atoms with Crippen LogP contribution in [0.15, 0.2) is 66.1 Å². The molecular weight excluding hydrogens is 362 g/mol. The largest absolute Gasteiger partial charge is 0.489 e. The van der Waals surface area contributed by atoms with Crippen LogP contribution in [-0.2, 0) is 11.4 Å². The molecule has 0 aromatic heterocycles. The quantitative estimate of drug-likeness (QED) is 0.402. The summed E-state index contributed by atoms with van der Waals surface area (Å²) in [4.78, 5) is 14.6. The van der Waals surface area contributed by atoms with E-state index in [0.717, 1.165) is 16.9 Å². The molecule has 1 aliphatic rings. The fourth-order valence-electron chi connectivity index (χ4n) is 2.60. The van der Waals surface area contributed by atoms with E-state index in [-0.39, 0.29) is 5.91 Å². The van der Waals surface area contributed by atoms with Crippen molar-refractivity contribution < 1.29 is 9.53 Å². The molecule has 0 spiro atoms. The number of carbonyl (C=O) groups excluding carboxylic acids is 1. The van der Waals surface area contributed by atoms with Crippen LogP contribution >= 0.6 is 24.0 Å². The summed E-state index contributed by atoms with van der Waals surface area (Å²) in [5.41, 5.74) is 3.24. The van der Waals surface area contributed by atoms with Crippen LogP contribution in [0.4, 0.5) is 0 Å². The van der Waals surface area contributed by atoms with Gasteiger partial charge in [-0.3, -0.25) is 9.69 Å². The standard InChI is InChI=1S/C21H19NO2S2/c1-3-10-22-20(23)19(26-21(22)25)13-16-7-5-9-18(12-16)24-14-17-8-4-6-15(2)11-17/h3-9,11-13H,1,10,14H2,2H3. The molecular formula is C21H19NO2S2. The summed E-state index contributed by atoms with van der Waals surface area (Å²) in [5, 5.41) is 0. The normalized spacial score (nSPS) is 15.6. The summed E-state index contributed by atoms with van der Waals surface area (Å²) in [7, 11) is 0. The third-order valence-electron chi connectivity index (χ3n) is 3.83. The van der Waals surface area contributed by atoms with Crippen molar-refractivity contribution in [1.82, 2.24) is 4.90 Å². The fourth-order valence-corrected chi connectivity index (χ4v) is 3.88. The second-order valence-electron chi connectivity index (χ2n) is 5.93. The predicted octanol–water partition coefficient (Wildman–Crippen LogP) is 4.96. The molecule has 1 amide bonds. The molecule has 0 unspecified atom stereocenters. The fraction of sp³-hybridized carbons (Fsp3) is 0.143. The SMILES string of the molecule is C=CCN1C(=O)C(=Cc2cccc(OCc3cccc(C)c3)c2)SC1=S. The monoisotopic (exact) mass is 381 g/mol. The number of thiocarbonyl (C=S) groups is 1. The lowest BCUT2D eigenvalue weighted by Gasteiger charge is -2.10. The zero-order valence-corrected chi connectivity index (χ0v) is 16.1. The first-order chi connectivity index (χ1) is 12.6. The van der Waals surface area contributed by atoms with Gasteiger partial charge in [0.05, 0.1) is 4.91 Å². The molecule has 0 bridgehead atoms. The van der Waals surface area contributed by atoms with E-state index in [2.05, 4.69) is 25.6 Å². The number of aryl methyl sites for hydroxylation is 1. The van der Waals surface area contributed by atoms with Gasteiger partial charge in [0.25, 0.3) is 5.91 Å². The van der Waals surface area contributed by atoms with Crippen LogP contribution in [0.1, 0.15) is 16.7 Å². The highest BCUT2D eigenvalue weighted by Gasteiger charge is 2.30. The summed E-state index contributed by atoms with van der Waals surface area (Å²) < 4.78 is 6.45. The minimum atomic E-state index is -0.0778. The second kappa shape index (κ2) is 8.34.